The van der Waals surface area contributed by atoms with Gasteiger partial charge in [-0.1, -0.05) is 19.1 Å². The average molecular weight is 293 g/mol. The van der Waals surface area contributed by atoms with Gasteiger partial charge in [-0.15, -0.1) is 0 Å². The molecule has 21 heavy (non-hydrogen) atoms. The van der Waals surface area contributed by atoms with Crippen LogP contribution in [0.5, 0.6) is 5.75 Å². The summed E-state index contributed by atoms with van der Waals surface area (Å²) in [6.07, 6.45) is 3.13. The number of benzene rings is 1. The van der Waals surface area contributed by atoms with Crippen LogP contribution in [0.25, 0.3) is 0 Å². The van der Waals surface area contributed by atoms with Gasteiger partial charge >= 0.3 is 0 Å². The zero-order valence-electron chi connectivity index (χ0n) is 13.1. The van der Waals surface area contributed by atoms with E-state index < -0.39 is 6.10 Å². The third kappa shape index (κ3) is 5.30. The van der Waals surface area contributed by atoms with Gasteiger partial charge in [-0.05, 0) is 44.0 Å². The Morgan fingerprint density at radius 3 is 2.76 bits per heavy atom. The molecule has 0 radical (unpaired) electrons. The van der Waals surface area contributed by atoms with E-state index in [0.29, 0.717) is 12.6 Å². The van der Waals surface area contributed by atoms with Crippen LogP contribution in [0.1, 0.15) is 37.9 Å². The quantitative estimate of drug-likeness (QED) is 0.800. The maximum Gasteiger partial charge on any atom is 0.119 e. The number of aliphatic hydroxyl groups is 1. The molecule has 1 heterocycles. The number of hydrogen-bond donors (Lipinski definition) is 1. The lowest BCUT2D eigenvalue weighted by Crippen LogP contribution is -2.32. The minimum absolute atomic E-state index is 0.326. The Kier molecular flexibility index (Phi) is 6.49. The van der Waals surface area contributed by atoms with E-state index in [1.165, 1.54) is 0 Å². The van der Waals surface area contributed by atoms with Crippen molar-refractivity contribution in [3.05, 3.63) is 29.8 Å². The van der Waals surface area contributed by atoms with Gasteiger partial charge < -0.3 is 19.5 Å². The van der Waals surface area contributed by atoms with Crippen molar-refractivity contribution in [3.63, 3.8) is 0 Å². The van der Waals surface area contributed by atoms with Crippen LogP contribution in [0.2, 0.25) is 0 Å². The normalized spacial score (nSPS) is 19.9. The van der Waals surface area contributed by atoms with E-state index in [9.17, 15) is 5.11 Å². The second kappa shape index (κ2) is 8.37. The molecule has 1 aliphatic heterocycles. The second-order valence-electron chi connectivity index (χ2n) is 5.79. The van der Waals surface area contributed by atoms with Crippen LogP contribution in [0.15, 0.2) is 24.3 Å². The molecule has 1 aromatic rings. The van der Waals surface area contributed by atoms with E-state index in [1.807, 2.05) is 31.3 Å². The van der Waals surface area contributed by atoms with Crippen molar-refractivity contribution in [3.8, 4) is 5.75 Å². The minimum Gasteiger partial charge on any atom is -0.494 e. The summed E-state index contributed by atoms with van der Waals surface area (Å²) in [7, 11) is 2.03. The highest BCUT2D eigenvalue weighted by Gasteiger charge is 2.19. The fraction of sp³-hybridized carbons (Fsp3) is 0.647. The molecule has 2 atom stereocenters. The maximum absolute atomic E-state index is 10.3. The first-order valence-corrected chi connectivity index (χ1v) is 7.90. The minimum atomic E-state index is -0.475. The van der Waals surface area contributed by atoms with Gasteiger partial charge in [0.1, 0.15) is 5.75 Å². The van der Waals surface area contributed by atoms with Gasteiger partial charge in [-0.25, -0.2) is 0 Å². The Bertz CT molecular complexity index is 401. The Hall–Kier alpha value is -1.10. The highest BCUT2D eigenvalue weighted by molar-refractivity contribution is 5.28. The van der Waals surface area contributed by atoms with Crippen LogP contribution in [0.3, 0.4) is 0 Å². The average Bonchev–Trinajstić information content (AvgIpc) is 2.98. The van der Waals surface area contributed by atoms with Gasteiger partial charge in [-0.3, -0.25) is 0 Å². The van der Waals surface area contributed by atoms with Gasteiger partial charge in [0, 0.05) is 19.7 Å². The molecule has 4 heteroatoms. The molecule has 0 aliphatic carbocycles. The molecule has 2 rings (SSSR count). The molecule has 0 bridgehead atoms. The summed E-state index contributed by atoms with van der Waals surface area (Å²) in [5.74, 6) is 0.862. The molecule has 0 amide bonds. The molecule has 1 aromatic carbocycles. The monoisotopic (exact) mass is 293 g/mol. The fourth-order valence-corrected chi connectivity index (χ4v) is 2.62. The van der Waals surface area contributed by atoms with Gasteiger partial charge in [0.15, 0.2) is 0 Å². The molecule has 4 nitrogen and oxygen atoms in total. The number of likely N-dealkylation sites (N-methyl/N-ethyl adjacent to an activating group) is 1. The summed E-state index contributed by atoms with van der Waals surface area (Å²) in [5, 5.41) is 10.3. The van der Waals surface area contributed by atoms with E-state index in [-0.39, 0.29) is 0 Å². The third-order valence-electron chi connectivity index (χ3n) is 3.76. The summed E-state index contributed by atoms with van der Waals surface area (Å²) < 4.78 is 11.2. The third-order valence-corrected chi connectivity index (χ3v) is 3.76. The lowest BCUT2D eigenvalue weighted by Gasteiger charge is -2.23. The molecule has 0 spiro atoms. The van der Waals surface area contributed by atoms with Crippen molar-refractivity contribution in [2.75, 3.05) is 33.4 Å². The lowest BCUT2D eigenvalue weighted by atomic mass is 10.1. The molecule has 1 fully saturated rings. The van der Waals surface area contributed by atoms with Gasteiger partial charge in [0.05, 0.1) is 18.8 Å². The Morgan fingerprint density at radius 1 is 1.38 bits per heavy atom. The first kappa shape index (κ1) is 16.3. The summed E-state index contributed by atoms with van der Waals surface area (Å²) in [6.45, 7) is 5.19. The second-order valence-corrected chi connectivity index (χ2v) is 5.79. The van der Waals surface area contributed by atoms with Crippen LogP contribution in [-0.4, -0.2) is 49.5 Å². The Balaban J connectivity index is 1.79. The highest BCUT2D eigenvalue weighted by atomic mass is 16.5. The van der Waals surface area contributed by atoms with Crippen molar-refractivity contribution in [1.29, 1.82) is 0 Å². The van der Waals surface area contributed by atoms with E-state index in [2.05, 4.69) is 11.8 Å². The molecule has 1 saturated heterocycles. The number of ether oxygens (including phenoxy) is 2. The number of aliphatic hydroxyl groups excluding tert-OH is 1. The molecule has 1 aliphatic rings. The first-order chi connectivity index (χ1) is 10.2. The zero-order valence-corrected chi connectivity index (χ0v) is 13.1. The van der Waals surface area contributed by atoms with Crippen LogP contribution < -0.4 is 4.74 Å². The van der Waals surface area contributed by atoms with Crippen LogP contribution >= 0.6 is 0 Å². The summed E-state index contributed by atoms with van der Waals surface area (Å²) in [5.41, 5.74) is 0.929. The molecule has 1 N–H and O–H groups in total. The summed E-state index contributed by atoms with van der Waals surface area (Å²) in [4.78, 5) is 2.14. The van der Waals surface area contributed by atoms with Gasteiger partial charge in [0.25, 0.3) is 0 Å². The lowest BCUT2D eigenvalue weighted by molar-refractivity contribution is 0.0602. The Labute approximate surface area is 127 Å². The SMILES string of the molecule is CCCOc1ccc(C(O)CN(C)CC2CCCO2)cc1. The topological polar surface area (TPSA) is 41.9 Å². The van der Waals surface area contributed by atoms with Crippen molar-refractivity contribution < 1.29 is 14.6 Å². The van der Waals surface area contributed by atoms with Crippen LogP contribution in [-0.2, 0) is 4.74 Å². The fourth-order valence-electron chi connectivity index (χ4n) is 2.62. The predicted octanol–water partition coefficient (Wildman–Crippen LogP) is 2.62. The van der Waals surface area contributed by atoms with Gasteiger partial charge in [0.2, 0.25) is 0 Å². The van der Waals surface area contributed by atoms with Crippen LogP contribution in [0.4, 0.5) is 0 Å². The smallest absolute Gasteiger partial charge is 0.119 e. The molecule has 118 valence electrons. The summed E-state index contributed by atoms with van der Waals surface area (Å²) in [6, 6.07) is 7.73. The van der Waals surface area contributed by atoms with E-state index in [1.54, 1.807) is 0 Å². The molecular weight excluding hydrogens is 266 g/mol. The van der Waals surface area contributed by atoms with Crippen molar-refractivity contribution in [1.82, 2.24) is 4.90 Å². The van der Waals surface area contributed by atoms with E-state index in [0.717, 1.165) is 50.3 Å². The molecule has 2 unspecified atom stereocenters. The van der Waals surface area contributed by atoms with Crippen molar-refractivity contribution >= 4 is 0 Å². The maximum atomic E-state index is 10.3. The van der Waals surface area contributed by atoms with Crippen molar-refractivity contribution in [2.24, 2.45) is 0 Å². The molecular formula is C17H27NO3. The highest BCUT2D eigenvalue weighted by Crippen LogP contribution is 2.19. The van der Waals surface area contributed by atoms with E-state index in [4.69, 9.17) is 9.47 Å². The molecule has 0 saturated carbocycles. The first-order valence-electron chi connectivity index (χ1n) is 7.90. The van der Waals surface area contributed by atoms with Crippen molar-refractivity contribution in [2.45, 2.75) is 38.4 Å². The standard InChI is InChI=1S/C17H27NO3/c1-3-10-20-15-8-6-14(7-9-15)17(19)13-18(2)12-16-5-4-11-21-16/h6-9,16-17,19H,3-5,10-13H2,1-2H3. The summed E-state index contributed by atoms with van der Waals surface area (Å²) >= 11 is 0. The largest absolute Gasteiger partial charge is 0.494 e. The predicted molar refractivity (Wildman–Crippen MR) is 83.7 cm³/mol. The Morgan fingerprint density at radius 2 is 2.14 bits per heavy atom. The zero-order chi connectivity index (χ0) is 15.1. The number of nitrogens with zero attached hydrogens (tertiary/aromatic N) is 1. The van der Waals surface area contributed by atoms with E-state index >= 15 is 0 Å². The van der Waals surface area contributed by atoms with Crippen LogP contribution in [0, 0.1) is 0 Å². The molecule has 0 aromatic heterocycles. The number of rotatable bonds is 8. The van der Waals surface area contributed by atoms with Gasteiger partial charge in [-0.2, -0.15) is 0 Å². The number of hydrogen-bond acceptors (Lipinski definition) is 4.